The third-order valence-electron chi connectivity index (χ3n) is 4.91. The maximum absolute atomic E-state index is 5.22. The number of tetrazole rings is 1. The second-order valence-corrected chi connectivity index (χ2v) is 6.37. The van der Waals surface area contributed by atoms with E-state index in [1.165, 1.54) is 18.4 Å². The first kappa shape index (κ1) is 15.9. The second-order valence-electron chi connectivity index (χ2n) is 6.37. The van der Waals surface area contributed by atoms with E-state index in [0.29, 0.717) is 0 Å². The van der Waals surface area contributed by atoms with Gasteiger partial charge in [-0.1, -0.05) is 12.1 Å². The molecule has 1 atom stereocenters. The minimum absolute atomic E-state index is 0.275. The minimum atomic E-state index is 0.275. The van der Waals surface area contributed by atoms with Crippen molar-refractivity contribution in [2.45, 2.75) is 32.2 Å². The van der Waals surface area contributed by atoms with Crippen molar-refractivity contribution >= 4 is 0 Å². The molecule has 0 bridgehead atoms. The van der Waals surface area contributed by atoms with Crippen LogP contribution in [0.25, 0.3) is 0 Å². The third kappa shape index (κ3) is 3.69. The van der Waals surface area contributed by atoms with Crippen molar-refractivity contribution in [3.8, 4) is 5.75 Å². The van der Waals surface area contributed by atoms with Crippen molar-refractivity contribution in [2.75, 3.05) is 20.2 Å². The predicted molar refractivity (Wildman–Crippen MR) is 88.2 cm³/mol. The SMILES string of the molecule is COc1ccc(CC2CCN([C@H](C)c3nnnn3C)CC2)cc1. The average molecular weight is 315 g/mol. The Hall–Kier alpha value is -1.95. The highest BCUT2D eigenvalue weighted by Gasteiger charge is 2.26. The molecule has 1 aliphatic rings. The molecule has 3 rings (SSSR count). The van der Waals surface area contributed by atoms with Gasteiger partial charge in [0.15, 0.2) is 5.82 Å². The zero-order chi connectivity index (χ0) is 16.2. The van der Waals surface area contributed by atoms with Crippen molar-refractivity contribution in [1.82, 2.24) is 25.1 Å². The fourth-order valence-electron chi connectivity index (χ4n) is 3.39. The zero-order valence-electron chi connectivity index (χ0n) is 14.1. The summed E-state index contributed by atoms with van der Waals surface area (Å²) in [6, 6.07) is 8.73. The first-order valence-corrected chi connectivity index (χ1v) is 8.26. The maximum atomic E-state index is 5.22. The lowest BCUT2D eigenvalue weighted by molar-refractivity contribution is 0.134. The molecule has 6 heteroatoms. The van der Waals surface area contributed by atoms with E-state index in [9.17, 15) is 0 Å². The van der Waals surface area contributed by atoms with Crippen LogP contribution in [0.15, 0.2) is 24.3 Å². The summed E-state index contributed by atoms with van der Waals surface area (Å²) >= 11 is 0. The van der Waals surface area contributed by atoms with Crippen LogP contribution >= 0.6 is 0 Å². The molecule has 1 aliphatic heterocycles. The number of likely N-dealkylation sites (tertiary alicyclic amines) is 1. The van der Waals surface area contributed by atoms with Crippen LogP contribution in [0.1, 0.15) is 37.2 Å². The van der Waals surface area contributed by atoms with E-state index in [1.807, 2.05) is 19.2 Å². The summed E-state index contributed by atoms with van der Waals surface area (Å²) < 4.78 is 6.99. The predicted octanol–water partition coefficient (Wildman–Crippen LogP) is 2.23. The summed E-state index contributed by atoms with van der Waals surface area (Å²) in [4.78, 5) is 2.48. The number of nitrogens with zero attached hydrogens (tertiary/aromatic N) is 5. The van der Waals surface area contributed by atoms with Gasteiger partial charge in [0.2, 0.25) is 0 Å². The molecule has 1 aromatic carbocycles. The van der Waals surface area contributed by atoms with Gasteiger partial charge in [-0.15, -0.1) is 5.10 Å². The minimum Gasteiger partial charge on any atom is -0.497 e. The Morgan fingerprint density at radius 3 is 2.48 bits per heavy atom. The van der Waals surface area contributed by atoms with Crippen LogP contribution < -0.4 is 4.74 Å². The molecule has 124 valence electrons. The highest BCUT2D eigenvalue weighted by Crippen LogP contribution is 2.27. The molecule has 0 N–H and O–H groups in total. The van der Waals surface area contributed by atoms with Gasteiger partial charge in [0, 0.05) is 7.05 Å². The number of benzene rings is 1. The molecule has 0 saturated carbocycles. The zero-order valence-corrected chi connectivity index (χ0v) is 14.1. The lowest BCUT2D eigenvalue weighted by atomic mass is 9.89. The standard InChI is InChI=1S/C17H25N5O/c1-13(17-18-19-20-21(17)2)22-10-8-15(9-11-22)12-14-4-6-16(23-3)7-5-14/h4-7,13,15H,8-12H2,1-3H3/t13-/m1/s1. The van der Waals surface area contributed by atoms with Crippen molar-refractivity contribution in [3.63, 3.8) is 0 Å². The summed E-state index contributed by atoms with van der Waals surface area (Å²) in [5.74, 6) is 2.62. The Kier molecular flexibility index (Phi) is 4.91. The molecule has 1 aromatic heterocycles. The third-order valence-corrected chi connectivity index (χ3v) is 4.91. The molecular formula is C17H25N5O. The fraction of sp³-hybridized carbons (Fsp3) is 0.588. The lowest BCUT2D eigenvalue weighted by Crippen LogP contribution is -2.37. The Bertz CT molecular complexity index is 616. The van der Waals surface area contributed by atoms with E-state index in [4.69, 9.17) is 4.74 Å². The molecular weight excluding hydrogens is 290 g/mol. The number of hydrogen-bond donors (Lipinski definition) is 0. The number of hydrogen-bond acceptors (Lipinski definition) is 5. The second kappa shape index (κ2) is 7.08. The number of rotatable bonds is 5. The van der Waals surface area contributed by atoms with E-state index < -0.39 is 0 Å². The van der Waals surface area contributed by atoms with Crippen LogP contribution in [-0.2, 0) is 13.5 Å². The molecule has 23 heavy (non-hydrogen) atoms. The van der Waals surface area contributed by atoms with Crippen molar-refractivity contribution in [2.24, 2.45) is 13.0 Å². The van der Waals surface area contributed by atoms with E-state index in [1.54, 1.807) is 11.8 Å². The number of aryl methyl sites for hydroxylation is 1. The highest BCUT2D eigenvalue weighted by atomic mass is 16.5. The van der Waals surface area contributed by atoms with Crippen LogP contribution in [0.3, 0.4) is 0 Å². The number of methoxy groups -OCH3 is 1. The Morgan fingerprint density at radius 2 is 1.91 bits per heavy atom. The summed E-state index contributed by atoms with van der Waals surface area (Å²) in [6.45, 7) is 4.40. The first-order valence-electron chi connectivity index (χ1n) is 8.26. The van der Waals surface area contributed by atoms with E-state index in [0.717, 1.165) is 37.0 Å². The van der Waals surface area contributed by atoms with E-state index >= 15 is 0 Å². The topological polar surface area (TPSA) is 56.1 Å². The van der Waals surface area contributed by atoms with Gasteiger partial charge in [-0.3, -0.25) is 4.90 Å². The highest BCUT2D eigenvalue weighted by molar-refractivity contribution is 5.27. The summed E-state index contributed by atoms with van der Waals surface area (Å²) in [5.41, 5.74) is 1.40. The van der Waals surface area contributed by atoms with Crippen molar-refractivity contribution in [3.05, 3.63) is 35.7 Å². The normalized spacial score (nSPS) is 18.0. The van der Waals surface area contributed by atoms with Gasteiger partial charge in [0.05, 0.1) is 13.2 Å². The van der Waals surface area contributed by atoms with Crippen LogP contribution in [-0.4, -0.2) is 45.3 Å². The molecule has 0 spiro atoms. The van der Waals surface area contributed by atoms with Gasteiger partial charge in [0.25, 0.3) is 0 Å². The molecule has 2 aromatic rings. The smallest absolute Gasteiger partial charge is 0.167 e. The molecule has 6 nitrogen and oxygen atoms in total. The first-order chi connectivity index (χ1) is 11.2. The Labute approximate surface area is 137 Å². The van der Waals surface area contributed by atoms with Crippen LogP contribution in [0.4, 0.5) is 0 Å². The number of ether oxygens (including phenoxy) is 1. The van der Waals surface area contributed by atoms with Gasteiger partial charge in [-0.25, -0.2) is 4.68 Å². The largest absolute Gasteiger partial charge is 0.497 e. The van der Waals surface area contributed by atoms with Crippen LogP contribution in [0.5, 0.6) is 5.75 Å². The molecule has 2 heterocycles. The summed E-state index contributed by atoms with van der Waals surface area (Å²) in [6.07, 6.45) is 3.60. The van der Waals surface area contributed by atoms with Gasteiger partial charge < -0.3 is 4.74 Å². The van der Waals surface area contributed by atoms with Crippen molar-refractivity contribution < 1.29 is 4.74 Å². The molecule has 1 fully saturated rings. The lowest BCUT2D eigenvalue weighted by Gasteiger charge is -2.35. The molecule has 0 radical (unpaired) electrons. The average Bonchev–Trinajstić information content (AvgIpc) is 3.02. The Balaban J connectivity index is 1.52. The summed E-state index contributed by atoms with van der Waals surface area (Å²) in [7, 11) is 3.61. The molecule has 0 amide bonds. The van der Waals surface area contributed by atoms with Gasteiger partial charge >= 0.3 is 0 Å². The van der Waals surface area contributed by atoms with Gasteiger partial charge in [-0.05, 0) is 73.3 Å². The van der Waals surface area contributed by atoms with Crippen molar-refractivity contribution in [1.29, 1.82) is 0 Å². The van der Waals surface area contributed by atoms with Crippen LogP contribution in [0, 0.1) is 5.92 Å². The molecule has 0 aliphatic carbocycles. The summed E-state index contributed by atoms with van der Waals surface area (Å²) in [5, 5.41) is 11.8. The number of aromatic nitrogens is 4. The quantitative estimate of drug-likeness (QED) is 0.847. The van der Waals surface area contributed by atoms with E-state index in [-0.39, 0.29) is 6.04 Å². The molecule has 1 saturated heterocycles. The Morgan fingerprint density at radius 1 is 1.22 bits per heavy atom. The van der Waals surface area contributed by atoms with Gasteiger partial charge in [0.1, 0.15) is 5.75 Å². The molecule has 0 unspecified atom stereocenters. The van der Waals surface area contributed by atoms with Gasteiger partial charge in [-0.2, -0.15) is 0 Å². The fourth-order valence-corrected chi connectivity index (χ4v) is 3.39. The van der Waals surface area contributed by atoms with Crippen LogP contribution in [0.2, 0.25) is 0 Å². The monoisotopic (exact) mass is 315 g/mol. The number of piperidine rings is 1. The maximum Gasteiger partial charge on any atom is 0.167 e. The van der Waals surface area contributed by atoms with E-state index in [2.05, 4.69) is 39.5 Å².